The SMILES string of the molecule is NCCc1c[nH]c2ccc(CC3CNC(=O)N3)cc12. The van der Waals surface area contributed by atoms with Gasteiger partial charge in [0.1, 0.15) is 0 Å². The Bertz CT molecular complexity index is 605. The molecule has 0 bridgehead atoms. The highest BCUT2D eigenvalue weighted by molar-refractivity contribution is 5.84. The maximum atomic E-state index is 11.1. The number of urea groups is 1. The highest BCUT2D eigenvalue weighted by atomic mass is 16.2. The van der Waals surface area contributed by atoms with E-state index in [4.69, 9.17) is 5.73 Å². The van der Waals surface area contributed by atoms with E-state index in [1.165, 1.54) is 16.5 Å². The first-order valence-electron chi connectivity index (χ1n) is 6.59. The van der Waals surface area contributed by atoms with E-state index < -0.39 is 0 Å². The molecule has 2 amide bonds. The minimum Gasteiger partial charge on any atom is -0.361 e. The number of carbonyl (C=O) groups is 1. The molecular formula is C14H18N4O. The number of benzene rings is 1. The van der Waals surface area contributed by atoms with Crippen molar-refractivity contribution >= 4 is 16.9 Å². The zero-order valence-corrected chi connectivity index (χ0v) is 10.7. The second-order valence-electron chi connectivity index (χ2n) is 4.99. The van der Waals surface area contributed by atoms with Crippen molar-refractivity contribution in [3.8, 4) is 0 Å². The minimum atomic E-state index is -0.0726. The van der Waals surface area contributed by atoms with E-state index in [2.05, 4.69) is 33.8 Å². The first-order chi connectivity index (χ1) is 9.26. The second-order valence-corrected chi connectivity index (χ2v) is 4.99. The number of H-pyrrole nitrogens is 1. The summed E-state index contributed by atoms with van der Waals surface area (Å²) in [6.07, 6.45) is 3.76. The highest BCUT2D eigenvalue weighted by Crippen LogP contribution is 2.21. The summed E-state index contributed by atoms with van der Waals surface area (Å²) in [4.78, 5) is 14.4. The Morgan fingerprint density at radius 2 is 2.26 bits per heavy atom. The fraction of sp³-hybridized carbons (Fsp3) is 0.357. The van der Waals surface area contributed by atoms with Gasteiger partial charge >= 0.3 is 6.03 Å². The van der Waals surface area contributed by atoms with Gasteiger partial charge in [0.25, 0.3) is 0 Å². The van der Waals surface area contributed by atoms with E-state index in [1.54, 1.807) is 0 Å². The average molecular weight is 258 g/mol. The molecular weight excluding hydrogens is 240 g/mol. The molecule has 0 aliphatic carbocycles. The highest BCUT2D eigenvalue weighted by Gasteiger charge is 2.20. The quantitative estimate of drug-likeness (QED) is 0.657. The van der Waals surface area contributed by atoms with Crippen LogP contribution >= 0.6 is 0 Å². The zero-order valence-electron chi connectivity index (χ0n) is 10.7. The Labute approximate surface area is 111 Å². The van der Waals surface area contributed by atoms with Crippen LogP contribution in [0.5, 0.6) is 0 Å². The zero-order chi connectivity index (χ0) is 13.2. The van der Waals surface area contributed by atoms with Gasteiger partial charge in [-0.3, -0.25) is 0 Å². The van der Waals surface area contributed by atoms with Crippen LogP contribution in [0.2, 0.25) is 0 Å². The van der Waals surface area contributed by atoms with Gasteiger partial charge < -0.3 is 21.4 Å². The van der Waals surface area contributed by atoms with Gasteiger partial charge in [0.2, 0.25) is 0 Å². The van der Waals surface area contributed by atoms with E-state index in [0.29, 0.717) is 13.1 Å². The summed E-state index contributed by atoms with van der Waals surface area (Å²) in [6, 6.07) is 6.50. The lowest BCUT2D eigenvalue weighted by molar-refractivity contribution is 0.247. The Balaban J connectivity index is 1.83. The third-order valence-corrected chi connectivity index (χ3v) is 3.57. The standard InChI is InChI=1S/C14H18N4O/c15-4-3-10-7-16-13-2-1-9(6-12(10)13)5-11-8-17-14(19)18-11/h1-2,6-7,11,16H,3-5,8,15H2,(H2,17,18,19). The van der Waals surface area contributed by atoms with Crippen LogP contribution in [-0.4, -0.2) is 30.1 Å². The lowest BCUT2D eigenvalue weighted by Gasteiger charge is -2.09. The van der Waals surface area contributed by atoms with Gasteiger partial charge in [-0.25, -0.2) is 4.79 Å². The van der Waals surface area contributed by atoms with Gasteiger partial charge in [-0.15, -0.1) is 0 Å². The molecule has 0 radical (unpaired) electrons. The molecule has 5 nitrogen and oxygen atoms in total. The Kier molecular flexibility index (Phi) is 3.13. The van der Waals surface area contributed by atoms with Crippen molar-refractivity contribution in [2.75, 3.05) is 13.1 Å². The average Bonchev–Trinajstić information content (AvgIpc) is 2.97. The molecule has 1 aliphatic heterocycles. The predicted octanol–water partition coefficient (Wildman–Crippen LogP) is 0.893. The first-order valence-corrected chi connectivity index (χ1v) is 6.59. The van der Waals surface area contributed by atoms with Crippen molar-refractivity contribution in [1.82, 2.24) is 15.6 Å². The lowest BCUT2D eigenvalue weighted by Crippen LogP contribution is -2.28. The molecule has 0 spiro atoms. The normalized spacial score (nSPS) is 18.6. The summed E-state index contributed by atoms with van der Waals surface area (Å²) < 4.78 is 0. The molecule has 19 heavy (non-hydrogen) atoms. The molecule has 1 saturated heterocycles. The second kappa shape index (κ2) is 4.93. The molecule has 1 atom stereocenters. The van der Waals surface area contributed by atoms with Crippen molar-refractivity contribution in [3.05, 3.63) is 35.5 Å². The molecule has 1 unspecified atom stereocenters. The van der Waals surface area contributed by atoms with Crippen LogP contribution in [0.25, 0.3) is 10.9 Å². The smallest absolute Gasteiger partial charge is 0.315 e. The van der Waals surface area contributed by atoms with Gasteiger partial charge in [0.05, 0.1) is 6.04 Å². The predicted molar refractivity (Wildman–Crippen MR) is 75.1 cm³/mol. The molecule has 1 aliphatic rings. The van der Waals surface area contributed by atoms with Crippen LogP contribution in [-0.2, 0) is 12.8 Å². The van der Waals surface area contributed by atoms with Gasteiger partial charge in [-0.1, -0.05) is 6.07 Å². The molecule has 1 fully saturated rings. The number of carbonyl (C=O) groups excluding carboxylic acids is 1. The number of hydrogen-bond acceptors (Lipinski definition) is 2. The van der Waals surface area contributed by atoms with Crippen LogP contribution in [0.15, 0.2) is 24.4 Å². The third kappa shape index (κ3) is 2.42. The van der Waals surface area contributed by atoms with Gasteiger partial charge in [-0.2, -0.15) is 0 Å². The summed E-state index contributed by atoms with van der Waals surface area (Å²) >= 11 is 0. The van der Waals surface area contributed by atoms with Gasteiger partial charge in [0.15, 0.2) is 0 Å². The van der Waals surface area contributed by atoms with Crippen molar-refractivity contribution < 1.29 is 4.79 Å². The molecule has 3 rings (SSSR count). The van der Waals surface area contributed by atoms with E-state index in [1.807, 2.05) is 6.20 Å². The van der Waals surface area contributed by atoms with Crippen molar-refractivity contribution in [2.24, 2.45) is 5.73 Å². The Morgan fingerprint density at radius 3 is 3.00 bits per heavy atom. The number of hydrogen-bond donors (Lipinski definition) is 4. The van der Waals surface area contributed by atoms with Crippen molar-refractivity contribution in [1.29, 1.82) is 0 Å². The monoisotopic (exact) mass is 258 g/mol. The van der Waals surface area contributed by atoms with E-state index in [9.17, 15) is 4.79 Å². The number of amides is 2. The molecule has 2 aromatic rings. The number of aromatic amines is 1. The van der Waals surface area contributed by atoms with E-state index in [-0.39, 0.29) is 12.1 Å². The largest absolute Gasteiger partial charge is 0.361 e. The molecule has 100 valence electrons. The maximum absolute atomic E-state index is 11.1. The van der Waals surface area contributed by atoms with E-state index >= 15 is 0 Å². The Morgan fingerprint density at radius 1 is 1.37 bits per heavy atom. The molecule has 2 heterocycles. The summed E-state index contributed by atoms with van der Waals surface area (Å²) in [5, 5.41) is 6.92. The summed E-state index contributed by atoms with van der Waals surface area (Å²) in [5.41, 5.74) is 9.26. The topological polar surface area (TPSA) is 82.9 Å². The number of nitrogens with one attached hydrogen (secondary N) is 3. The number of aromatic nitrogens is 1. The molecule has 1 aromatic carbocycles. The van der Waals surface area contributed by atoms with Crippen molar-refractivity contribution in [3.63, 3.8) is 0 Å². The Hall–Kier alpha value is -2.01. The van der Waals surface area contributed by atoms with Crippen LogP contribution in [0.3, 0.4) is 0 Å². The number of nitrogens with two attached hydrogens (primary N) is 1. The molecule has 1 aromatic heterocycles. The first kappa shape index (κ1) is 12.0. The third-order valence-electron chi connectivity index (χ3n) is 3.57. The summed E-state index contributed by atoms with van der Waals surface area (Å²) in [5.74, 6) is 0. The fourth-order valence-electron chi connectivity index (χ4n) is 2.63. The van der Waals surface area contributed by atoms with Crippen LogP contribution in [0.4, 0.5) is 4.79 Å². The number of rotatable bonds is 4. The van der Waals surface area contributed by atoms with Gasteiger partial charge in [0, 0.05) is 23.6 Å². The van der Waals surface area contributed by atoms with Crippen LogP contribution in [0, 0.1) is 0 Å². The fourth-order valence-corrected chi connectivity index (χ4v) is 2.63. The lowest BCUT2D eigenvalue weighted by atomic mass is 10.0. The maximum Gasteiger partial charge on any atom is 0.315 e. The van der Waals surface area contributed by atoms with E-state index in [0.717, 1.165) is 18.4 Å². The molecule has 5 N–H and O–H groups in total. The minimum absolute atomic E-state index is 0.0726. The summed E-state index contributed by atoms with van der Waals surface area (Å²) in [7, 11) is 0. The van der Waals surface area contributed by atoms with Gasteiger partial charge in [-0.05, 0) is 42.6 Å². The summed E-state index contributed by atoms with van der Waals surface area (Å²) in [6.45, 7) is 1.35. The van der Waals surface area contributed by atoms with Crippen LogP contribution in [0.1, 0.15) is 11.1 Å². The van der Waals surface area contributed by atoms with Crippen LogP contribution < -0.4 is 16.4 Å². The molecule has 0 saturated carbocycles. The molecule has 5 heteroatoms. The van der Waals surface area contributed by atoms with Crippen molar-refractivity contribution in [2.45, 2.75) is 18.9 Å². The number of fused-ring (bicyclic) bond motifs is 1.